The lowest BCUT2D eigenvalue weighted by atomic mass is 10.0. The highest BCUT2D eigenvalue weighted by atomic mass is 16.3. The van der Waals surface area contributed by atoms with E-state index < -0.39 is 0 Å². The van der Waals surface area contributed by atoms with E-state index in [0.717, 1.165) is 24.9 Å². The van der Waals surface area contributed by atoms with Gasteiger partial charge in [-0.1, -0.05) is 56.2 Å². The Hall–Kier alpha value is -2.33. The van der Waals surface area contributed by atoms with Crippen LogP contribution in [0.15, 0.2) is 54.6 Å². The number of hydrogen-bond acceptors (Lipinski definition) is 3. The molecule has 0 heterocycles. The molecule has 0 bridgehead atoms. The van der Waals surface area contributed by atoms with E-state index in [1.165, 1.54) is 5.56 Å². The average Bonchev–Trinajstić information content (AvgIpc) is 2.64. The Kier molecular flexibility index (Phi) is 7.30. The van der Waals surface area contributed by atoms with Gasteiger partial charge >= 0.3 is 0 Å². The molecule has 1 amide bonds. The molecule has 0 spiro atoms. The molecular weight excluding hydrogens is 300 g/mol. The number of anilines is 1. The highest BCUT2D eigenvalue weighted by Gasteiger charge is 2.12. The average molecular weight is 326 g/mol. The number of carbonyl (C=O) groups is 1. The zero-order valence-corrected chi connectivity index (χ0v) is 14.2. The molecule has 2 aromatic rings. The van der Waals surface area contributed by atoms with Crippen molar-refractivity contribution < 1.29 is 9.90 Å². The van der Waals surface area contributed by atoms with Crippen LogP contribution in [0.3, 0.4) is 0 Å². The number of amides is 1. The molecular formula is C20H26N2O2. The Labute approximate surface area is 143 Å². The first-order valence-corrected chi connectivity index (χ1v) is 8.55. The van der Waals surface area contributed by atoms with E-state index in [1.807, 2.05) is 24.3 Å². The fraction of sp³-hybridized carbons (Fsp3) is 0.350. The van der Waals surface area contributed by atoms with Crippen LogP contribution in [0.25, 0.3) is 0 Å². The lowest BCUT2D eigenvalue weighted by Crippen LogP contribution is -2.26. The van der Waals surface area contributed by atoms with Gasteiger partial charge in [0.15, 0.2) is 0 Å². The number of aliphatic hydroxyl groups is 1. The second-order valence-corrected chi connectivity index (χ2v) is 5.81. The minimum atomic E-state index is -0.169. The van der Waals surface area contributed by atoms with Crippen LogP contribution in [0.4, 0.5) is 5.69 Å². The van der Waals surface area contributed by atoms with E-state index in [2.05, 4.69) is 41.8 Å². The predicted octanol–water partition coefficient (Wildman–Crippen LogP) is 3.75. The van der Waals surface area contributed by atoms with Gasteiger partial charge in [0, 0.05) is 17.8 Å². The standard InChI is InChI=1S/C20H26N2O2/c1-2-3-12-19(16-8-5-4-6-9-16)22-18-11-7-10-17(15-18)20(24)21-13-14-23/h4-11,15,19,22-23H,2-3,12-14H2,1H3,(H,21,24). The van der Waals surface area contributed by atoms with E-state index in [4.69, 9.17) is 5.11 Å². The first-order chi connectivity index (χ1) is 11.7. The van der Waals surface area contributed by atoms with Gasteiger partial charge in [0.25, 0.3) is 5.91 Å². The Balaban J connectivity index is 2.12. The van der Waals surface area contributed by atoms with Gasteiger partial charge in [-0.3, -0.25) is 4.79 Å². The van der Waals surface area contributed by atoms with Crippen molar-refractivity contribution >= 4 is 11.6 Å². The van der Waals surface area contributed by atoms with Gasteiger partial charge in [0.1, 0.15) is 0 Å². The summed E-state index contributed by atoms with van der Waals surface area (Å²) in [4.78, 5) is 12.0. The van der Waals surface area contributed by atoms with Gasteiger partial charge in [-0.2, -0.15) is 0 Å². The Morgan fingerprint density at radius 1 is 1.12 bits per heavy atom. The quantitative estimate of drug-likeness (QED) is 0.657. The summed E-state index contributed by atoms with van der Waals surface area (Å²) in [6.07, 6.45) is 3.33. The maximum Gasteiger partial charge on any atom is 0.251 e. The van der Waals surface area contributed by atoms with Gasteiger partial charge < -0.3 is 15.7 Å². The number of carbonyl (C=O) groups excluding carboxylic acids is 1. The second-order valence-electron chi connectivity index (χ2n) is 5.81. The first-order valence-electron chi connectivity index (χ1n) is 8.55. The summed E-state index contributed by atoms with van der Waals surface area (Å²) in [7, 11) is 0. The first kappa shape index (κ1) is 18.0. The molecule has 0 saturated carbocycles. The molecule has 0 aliphatic carbocycles. The minimum Gasteiger partial charge on any atom is -0.395 e. The van der Waals surface area contributed by atoms with Crippen LogP contribution in [-0.4, -0.2) is 24.2 Å². The minimum absolute atomic E-state index is 0.0588. The number of aliphatic hydroxyl groups excluding tert-OH is 1. The number of benzene rings is 2. The smallest absolute Gasteiger partial charge is 0.251 e. The van der Waals surface area contributed by atoms with Crippen LogP contribution in [0.5, 0.6) is 0 Å². The Morgan fingerprint density at radius 3 is 2.62 bits per heavy atom. The summed E-state index contributed by atoms with van der Waals surface area (Å²) in [5.74, 6) is -0.169. The molecule has 4 nitrogen and oxygen atoms in total. The predicted molar refractivity (Wildman–Crippen MR) is 98.2 cm³/mol. The van der Waals surface area contributed by atoms with E-state index in [0.29, 0.717) is 5.56 Å². The van der Waals surface area contributed by atoms with Gasteiger partial charge in [-0.05, 0) is 30.2 Å². The summed E-state index contributed by atoms with van der Waals surface area (Å²) in [6.45, 7) is 2.39. The van der Waals surface area contributed by atoms with E-state index in [-0.39, 0.29) is 25.1 Å². The van der Waals surface area contributed by atoms with Crippen LogP contribution in [0.1, 0.15) is 48.1 Å². The number of hydrogen-bond donors (Lipinski definition) is 3. The van der Waals surface area contributed by atoms with E-state index >= 15 is 0 Å². The highest BCUT2D eigenvalue weighted by molar-refractivity contribution is 5.95. The number of nitrogens with one attached hydrogen (secondary N) is 2. The molecule has 1 unspecified atom stereocenters. The SMILES string of the molecule is CCCCC(Nc1cccc(C(=O)NCCO)c1)c1ccccc1. The van der Waals surface area contributed by atoms with Gasteiger partial charge in [0.05, 0.1) is 12.6 Å². The van der Waals surface area contributed by atoms with Crippen molar-refractivity contribution in [2.45, 2.75) is 32.2 Å². The summed E-state index contributed by atoms with van der Waals surface area (Å²) in [6, 6.07) is 18.1. The highest BCUT2D eigenvalue weighted by Crippen LogP contribution is 2.25. The van der Waals surface area contributed by atoms with Crippen molar-refractivity contribution in [1.29, 1.82) is 0 Å². The fourth-order valence-electron chi connectivity index (χ4n) is 2.64. The third kappa shape index (κ3) is 5.39. The molecule has 2 rings (SSSR count). The molecule has 0 aromatic heterocycles. The second kappa shape index (κ2) is 9.73. The summed E-state index contributed by atoms with van der Waals surface area (Å²) < 4.78 is 0. The topological polar surface area (TPSA) is 61.4 Å². The van der Waals surface area contributed by atoms with Gasteiger partial charge in [0.2, 0.25) is 0 Å². The normalized spacial score (nSPS) is 11.8. The molecule has 3 N–H and O–H groups in total. The Bertz CT molecular complexity index is 629. The largest absolute Gasteiger partial charge is 0.395 e. The van der Waals surface area contributed by atoms with Crippen molar-refractivity contribution in [2.24, 2.45) is 0 Å². The molecule has 24 heavy (non-hydrogen) atoms. The van der Waals surface area contributed by atoms with Crippen molar-refractivity contribution in [2.75, 3.05) is 18.5 Å². The maximum atomic E-state index is 12.0. The molecule has 1 atom stereocenters. The molecule has 0 saturated heterocycles. The monoisotopic (exact) mass is 326 g/mol. The van der Waals surface area contributed by atoms with Crippen molar-refractivity contribution in [3.05, 3.63) is 65.7 Å². The molecule has 4 heteroatoms. The van der Waals surface area contributed by atoms with Crippen LogP contribution < -0.4 is 10.6 Å². The molecule has 128 valence electrons. The molecule has 0 aliphatic heterocycles. The van der Waals surface area contributed by atoms with Crippen molar-refractivity contribution in [3.8, 4) is 0 Å². The number of rotatable bonds is 9. The zero-order chi connectivity index (χ0) is 17.2. The van der Waals surface area contributed by atoms with Crippen LogP contribution >= 0.6 is 0 Å². The Morgan fingerprint density at radius 2 is 1.92 bits per heavy atom. The fourth-order valence-corrected chi connectivity index (χ4v) is 2.64. The van der Waals surface area contributed by atoms with Crippen molar-refractivity contribution in [3.63, 3.8) is 0 Å². The lowest BCUT2D eigenvalue weighted by Gasteiger charge is -2.21. The summed E-state index contributed by atoms with van der Waals surface area (Å²) in [5, 5.41) is 15.0. The lowest BCUT2D eigenvalue weighted by molar-refractivity contribution is 0.0945. The van der Waals surface area contributed by atoms with E-state index in [9.17, 15) is 4.79 Å². The summed E-state index contributed by atoms with van der Waals surface area (Å²) >= 11 is 0. The van der Waals surface area contributed by atoms with Crippen molar-refractivity contribution in [1.82, 2.24) is 5.32 Å². The number of unbranched alkanes of at least 4 members (excludes halogenated alkanes) is 1. The molecule has 0 fully saturated rings. The third-order valence-corrected chi connectivity index (χ3v) is 3.91. The molecule has 0 radical (unpaired) electrons. The van der Waals surface area contributed by atoms with Gasteiger partial charge in [-0.25, -0.2) is 0 Å². The van der Waals surface area contributed by atoms with Crippen LogP contribution in [-0.2, 0) is 0 Å². The molecule has 0 aliphatic rings. The zero-order valence-electron chi connectivity index (χ0n) is 14.2. The van der Waals surface area contributed by atoms with Crippen LogP contribution in [0, 0.1) is 0 Å². The molecule has 2 aromatic carbocycles. The maximum absolute atomic E-state index is 12.0. The van der Waals surface area contributed by atoms with Gasteiger partial charge in [-0.15, -0.1) is 0 Å². The van der Waals surface area contributed by atoms with E-state index in [1.54, 1.807) is 6.07 Å². The van der Waals surface area contributed by atoms with Crippen LogP contribution in [0.2, 0.25) is 0 Å². The summed E-state index contributed by atoms with van der Waals surface area (Å²) in [5.41, 5.74) is 2.77. The third-order valence-electron chi connectivity index (χ3n) is 3.91.